The van der Waals surface area contributed by atoms with Crippen LogP contribution in [0.4, 0.5) is 10.1 Å². The van der Waals surface area contributed by atoms with E-state index in [0.717, 1.165) is 6.07 Å². The summed E-state index contributed by atoms with van der Waals surface area (Å²) >= 11 is 3.00. The van der Waals surface area contributed by atoms with Crippen LogP contribution in [0.5, 0.6) is 0 Å². The molecule has 21 heavy (non-hydrogen) atoms. The molecule has 2 aromatic rings. The Kier molecular flexibility index (Phi) is 4.65. The minimum Gasteiger partial charge on any atom is -0.389 e. The summed E-state index contributed by atoms with van der Waals surface area (Å²) in [5.74, 6) is -0.562. The van der Waals surface area contributed by atoms with Crippen molar-refractivity contribution >= 4 is 31.6 Å². The van der Waals surface area contributed by atoms with Crippen LogP contribution in [0.25, 0.3) is 0 Å². The quantitative estimate of drug-likeness (QED) is 0.862. The molecular weight excluding hydrogens is 361 g/mol. The number of aliphatic hydroxyl groups is 1. The van der Waals surface area contributed by atoms with E-state index in [1.807, 2.05) is 0 Å². The smallest absolute Gasteiger partial charge is 0.261 e. The molecule has 2 aromatic carbocycles. The number of benzene rings is 2. The molecule has 0 aliphatic carbocycles. The standard InChI is InChI=1S/C14H13BrFNO3S/c1-9(18)10-3-2-4-12(7-10)21(19,20)17-11-5-6-13(15)14(16)8-11/h2-9,17-18H,1H3. The molecule has 0 aliphatic rings. The van der Waals surface area contributed by atoms with Crippen LogP contribution in [0.2, 0.25) is 0 Å². The van der Waals surface area contributed by atoms with Gasteiger partial charge in [0.2, 0.25) is 0 Å². The third-order valence-corrected chi connectivity index (χ3v) is 4.84. The Morgan fingerprint density at radius 1 is 1.24 bits per heavy atom. The lowest BCUT2D eigenvalue weighted by molar-refractivity contribution is 0.199. The van der Waals surface area contributed by atoms with Crippen LogP contribution in [0.3, 0.4) is 0 Å². The van der Waals surface area contributed by atoms with E-state index in [0.29, 0.717) is 5.56 Å². The number of hydrogen-bond donors (Lipinski definition) is 2. The Labute approximate surface area is 130 Å². The first-order valence-electron chi connectivity index (χ1n) is 6.05. The van der Waals surface area contributed by atoms with E-state index in [4.69, 9.17) is 0 Å². The number of anilines is 1. The van der Waals surface area contributed by atoms with Crippen LogP contribution >= 0.6 is 15.9 Å². The average molecular weight is 374 g/mol. The van der Waals surface area contributed by atoms with E-state index in [9.17, 15) is 17.9 Å². The van der Waals surface area contributed by atoms with Crippen molar-refractivity contribution in [2.45, 2.75) is 17.9 Å². The molecule has 2 rings (SSSR count). The monoisotopic (exact) mass is 373 g/mol. The molecule has 0 spiro atoms. The minimum absolute atomic E-state index is 0.00391. The van der Waals surface area contributed by atoms with Gasteiger partial charge >= 0.3 is 0 Å². The van der Waals surface area contributed by atoms with E-state index in [2.05, 4.69) is 20.7 Å². The summed E-state index contributed by atoms with van der Waals surface area (Å²) in [5, 5.41) is 9.50. The Hall–Kier alpha value is -1.44. The molecule has 2 N–H and O–H groups in total. The number of halogens is 2. The molecule has 0 aromatic heterocycles. The van der Waals surface area contributed by atoms with Gasteiger partial charge in [-0.25, -0.2) is 12.8 Å². The van der Waals surface area contributed by atoms with Crippen LogP contribution < -0.4 is 4.72 Å². The first kappa shape index (κ1) is 15.9. The van der Waals surface area contributed by atoms with Gasteiger partial charge in [0.05, 0.1) is 21.2 Å². The van der Waals surface area contributed by atoms with Gasteiger partial charge in [0, 0.05) is 0 Å². The highest BCUT2D eigenvalue weighted by molar-refractivity contribution is 9.10. The highest BCUT2D eigenvalue weighted by atomic mass is 79.9. The lowest BCUT2D eigenvalue weighted by Crippen LogP contribution is -2.13. The highest BCUT2D eigenvalue weighted by Gasteiger charge is 2.16. The van der Waals surface area contributed by atoms with Crippen molar-refractivity contribution < 1.29 is 17.9 Å². The van der Waals surface area contributed by atoms with Crippen molar-refractivity contribution in [1.29, 1.82) is 0 Å². The SMILES string of the molecule is CC(O)c1cccc(S(=O)(=O)Nc2ccc(Br)c(F)c2)c1. The summed E-state index contributed by atoms with van der Waals surface area (Å²) in [6.07, 6.45) is -0.773. The van der Waals surface area contributed by atoms with Gasteiger partial charge in [-0.15, -0.1) is 0 Å². The van der Waals surface area contributed by atoms with Crippen molar-refractivity contribution in [3.8, 4) is 0 Å². The molecule has 1 atom stereocenters. The zero-order valence-electron chi connectivity index (χ0n) is 11.0. The molecule has 0 radical (unpaired) electrons. The number of sulfonamides is 1. The fourth-order valence-corrected chi connectivity index (χ4v) is 3.07. The van der Waals surface area contributed by atoms with Gasteiger partial charge in [-0.3, -0.25) is 4.72 Å². The number of rotatable bonds is 4. The Morgan fingerprint density at radius 3 is 2.57 bits per heavy atom. The van der Waals surface area contributed by atoms with Gasteiger partial charge in [0.25, 0.3) is 10.0 Å². The summed E-state index contributed by atoms with van der Waals surface area (Å²) in [4.78, 5) is 0.00391. The van der Waals surface area contributed by atoms with Crippen molar-refractivity contribution in [1.82, 2.24) is 0 Å². The van der Waals surface area contributed by atoms with Gasteiger partial charge in [0.15, 0.2) is 0 Å². The first-order chi connectivity index (χ1) is 9.79. The number of nitrogens with one attached hydrogen (secondary N) is 1. The second-order valence-electron chi connectivity index (χ2n) is 4.48. The van der Waals surface area contributed by atoms with Crippen molar-refractivity contribution in [3.05, 3.63) is 58.3 Å². The summed E-state index contributed by atoms with van der Waals surface area (Å²) in [6.45, 7) is 1.54. The molecule has 112 valence electrons. The zero-order valence-corrected chi connectivity index (χ0v) is 13.4. The third-order valence-electron chi connectivity index (χ3n) is 2.82. The Morgan fingerprint density at radius 2 is 1.95 bits per heavy atom. The molecule has 0 saturated carbocycles. The van der Waals surface area contributed by atoms with Crippen LogP contribution in [-0.4, -0.2) is 13.5 Å². The molecule has 0 fully saturated rings. The van der Waals surface area contributed by atoms with Gasteiger partial charge in [-0.2, -0.15) is 0 Å². The molecule has 7 heteroatoms. The topological polar surface area (TPSA) is 66.4 Å². The normalized spacial score (nSPS) is 13.0. The maximum absolute atomic E-state index is 13.4. The van der Waals surface area contributed by atoms with Gasteiger partial charge < -0.3 is 5.11 Å². The highest BCUT2D eigenvalue weighted by Crippen LogP contribution is 2.23. The average Bonchev–Trinajstić information content (AvgIpc) is 2.43. The first-order valence-corrected chi connectivity index (χ1v) is 8.33. The molecule has 0 amide bonds. The zero-order chi connectivity index (χ0) is 15.6. The predicted molar refractivity (Wildman–Crippen MR) is 82.0 cm³/mol. The maximum atomic E-state index is 13.4. The van der Waals surface area contributed by atoms with E-state index >= 15 is 0 Å². The number of aliphatic hydroxyl groups excluding tert-OH is 1. The van der Waals surface area contributed by atoms with Crippen LogP contribution in [0.15, 0.2) is 51.8 Å². The van der Waals surface area contributed by atoms with E-state index in [1.165, 1.54) is 24.3 Å². The van der Waals surface area contributed by atoms with Crippen LogP contribution in [-0.2, 0) is 10.0 Å². The van der Waals surface area contributed by atoms with Gasteiger partial charge in [0.1, 0.15) is 5.82 Å². The van der Waals surface area contributed by atoms with Crippen LogP contribution in [0.1, 0.15) is 18.6 Å². The van der Waals surface area contributed by atoms with E-state index in [-0.39, 0.29) is 15.1 Å². The molecule has 0 aliphatic heterocycles. The minimum atomic E-state index is -3.84. The summed E-state index contributed by atoms with van der Waals surface area (Å²) in [7, 11) is -3.84. The summed E-state index contributed by atoms with van der Waals surface area (Å²) < 4.78 is 40.5. The fourth-order valence-electron chi connectivity index (χ4n) is 1.72. The van der Waals surface area contributed by atoms with Crippen LogP contribution in [0, 0.1) is 5.82 Å². The molecule has 0 bridgehead atoms. The maximum Gasteiger partial charge on any atom is 0.261 e. The van der Waals surface area contributed by atoms with E-state index in [1.54, 1.807) is 19.1 Å². The van der Waals surface area contributed by atoms with Crippen molar-refractivity contribution in [3.63, 3.8) is 0 Å². The molecule has 4 nitrogen and oxygen atoms in total. The molecular formula is C14H13BrFNO3S. The molecule has 0 heterocycles. The largest absolute Gasteiger partial charge is 0.389 e. The summed E-state index contributed by atoms with van der Waals surface area (Å²) in [5.41, 5.74) is 0.609. The van der Waals surface area contributed by atoms with Crippen molar-refractivity contribution in [2.24, 2.45) is 0 Å². The Bertz CT molecular complexity index is 763. The van der Waals surface area contributed by atoms with Crippen molar-refractivity contribution in [2.75, 3.05) is 4.72 Å². The molecule has 0 saturated heterocycles. The number of hydrogen-bond acceptors (Lipinski definition) is 3. The second kappa shape index (κ2) is 6.13. The molecule has 1 unspecified atom stereocenters. The van der Waals surface area contributed by atoms with Gasteiger partial charge in [-0.1, -0.05) is 12.1 Å². The lowest BCUT2D eigenvalue weighted by atomic mass is 10.1. The van der Waals surface area contributed by atoms with Gasteiger partial charge in [-0.05, 0) is 58.7 Å². The summed E-state index contributed by atoms with van der Waals surface area (Å²) in [6, 6.07) is 9.90. The Balaban J connectivity index is 2.33. The predicted octanol–water partition coefficient (Wildman–Crippen LogP) is 3.44. The van der Waals surface area contributed by atoms with E-state index < -0.39 is 21.9 Å². The fraction of sp³-hybridized carbons (Fsp3) is 0.143. The third kappa shape index (κ3) is 3.81. The second-order valence-corrected chi connectivity index (χ2v) is 7.02. The lowest BCUT2D eigenvalue weighted by Gasteiger charge is -2.11.